The summed E-state index contributed by atoms with van der Waals surface area (Å²) in [4.78, 5) is 0. The Morgan fingerprint density at radius 3 is 2.61 bits per heavy atom. The van der Waals surface area contributed by atoms with Crippen molar-refractivity contribution in [1.29, 1.82) is 5.26 Å². The molecule has 18 heavy (non-hydrogen) atoms. The van der Waals surface area contributed by atoms with Crippen molar-refractivity contribution in [3.8, 4) is 17.6 Å². The smallest absolute Gasteiger partial charge is 0.180 e. The Morgan fingerprint density at radius 1 is 1.28 bits per heavy atom. The maximum atomic E-state index is 8.89. The first-order valence-corrected chi connectivity index (χ1v) is 6.56. The van der Waals surface area contributed by atoms with E-state index in [2.05, 4.69) is 6.07 Å². The monoisotopic (exact) mass is 265 g/mol. The van der Waals surface area contributed by atoms with Crippen LogP contribution >= 0.6 is 11.6 Å². The molecule has 2 rings (SSSR count). The van der Waals surface area contributed by atoms with Gasteiger partial charge in [-0.15, -0.1) is 0 Å². The van der Waals surface area contributed by atoms with Crippen molar-refractivity contribution in [1.82, 2.24) is 0 Å². The average Bonchev–Trinajstić information content (AvgIpc) is 2.42. The number of methoxy groups -OCH3 is 1. The van der Waals surface area contributed by atoms with Gasteiger partial charge in [0.25, 0.3) is 0 Å². The third kappa shape index (κ3) is 2.88. The van der Waals surface area contributed by atoms with Crippen LogP contribution in [0.1, 0.15) is 37.7 Å². The molecule has 0 spiro atoms. The largest absolute Gasteiger partial charge is 0.493 e. The topological polar surface area (TPSA) is 42.2 Å². The molecular weight excluding hydrogens is 250 g/mol. The lowest BCUT2D eigenvalue weighted by atomic mass is 9.98. The minimum Gasteiger partial charge on any atom is -0.493 e. The van der Waals surface area contributed by atoms with E-state index in [0.717, 1.165) is 12.8 Å². The molecule has 4 heteroatoms. The highest BCUT2D eigenvalue weighted by Crippen LogP contribution is 2.38. The molecule has 1 aliphatic rings. The van der Waals surface area contributed by atoms with Crippen LogP contribution in [0.25, 0.3) is 0 Å². The van der Waals surface area contributed by atoms with Crippen molar-refractivity contribution in [3.05, 3.63) is 22.7 Å². The summed E-state index contributed by atoms with van der Waals surface area (Å²) in [5.41, 5.74) is 0.479. The summed E-state index contributed by atoms with van der Waals surface area (Å²) in [6, 6.07) is 5.32. The molecule has 1 fully saturated rings. The van der Waals surface area contributed by atoms with E-state index in [0.29, 0.717) is 22.1 Å². The molecule has 1 saturated carbocycles. The van der Waals surface area contributed by atoms with Crippen LogP contribution in [-0.4, -0.2) is 13.2 Å². The second-order valence-electron chi connectivity index (χ2n) is 4.48. The van der Waals surface area contributed by atoms with E-state index in [-0.39, 0.29) is 6.10 Å². The van der Waals surface area contributed by atoms with Gasteiger partial charge in [-0.1, -0.05) is 18.0 Å². The lowest BCUT2D eigenvalue weighted by Crippen LogP contribution is -2.20. The normalized spacial score (nSPS) is 16.1. The van der Waals surface area contributed by atoms with Gasteiger partial charge in [-0.25, -0.2) is 0 Å². The van der Waals surface area contributed by atoms with Crippen LogP contribution in [0.4, 0.5) is 0 Å². The molecule has 1 aromatic rings. The van der Waals surface area contributed by atoms with Crippen molar-refractivity contribution >= 4 is 11.6 Å². The molecule has 0 atom stereocenters. The van der Waals surface area contributed by atoms with Gasteiger partial charge in [-0.2, -0.15) is 5.26 Å². The first-order chi connectivity index (χ1) is 8.74. The van der Waals surface area contributed by atoms with Gasteiger partial charge in [0.2, 0.25) is 0 Å². The quantitative estimate of drug-likeness (QED) is 0.831. The molecule has 0 bridgehead atoms. The Balaban J connectivity index is 2.23. The molecule has 0 saturated heterocycles. The SMILES string of the molecule is COc1cc(C#N)cc(Cl)c1OC1CCCCC1. The van der Waals surface area contributed by atoms with Crippen molar-refractivity contribution in [2.24, 2.45) is 0 Å². The minimum absolute atomic E-state index is 0.207. The van der Waals surface area contributed by atoms with Gasteiger partial charge in [0.05, 0.1) is 29.9 Å². The van der Waals surface area contributed by atoms with Crippen LogP contribution in [0.5, 0.6) is 11.5 Å². The van der Waals surface area contributed by atoms with E-state index in [1.807, 2.05) is 0 Å². The second kappa shape index (κ2) is 5.97. The first kappa shape index (κ1) is 13.0. The molecule has 1 aromatic carbocycles. The number of nitrogens with zero attached hydrogens (tertiary/aromatic N) is 1. The van der Waals surface area contributed by atoms with Crippen LogP contribution in [0.15, 0.2) is 12.1 Å². The zero-order valence-electron chi connectivity index (χ0n) is 10.4. The van der Waals surface area contributed by atoms with Gasteiger partial charge in [-0.3, -0.25) is 0 Å². The van der Waals surface area contributed by atoms with Crippen LogP contribution in [0, 0.1) is 11.3 Å². The van der Waals surface area contributed by atoms with Gasteiger partial charge < -0.3 is 9.47 Å². The fourth-order valence-corrected chi connectivity index (χ4v) is 2.50. The zero-order valence-corrected chi connectivity index (χ0v) is 11.2. The molecule has 96 valence electrons. The van der Waals surface area contributed by atoms with Gasteiger partial charge in [-0.05, 0) is 31.7 Å². The molecule has 0 heterocycles. The molecular formula is C14H16ClNO2. The first-order valence-electron chi connectivity index (χ1n) is 6.19. The molecule has 0 radical (unpaired) electrons. The Kier molecular flexibility index (Phi) is 4.33. The standard InChI is InChI=1S/C14H16ClNO2/c1-17-13-8-10(9-16)7-12(15)14(13)18-11-5-3-2-4-6-11/h7-8,11H,2-6H2,1H3. The van der Waals surface area contributed by atoms with Crippen LogP contribution in [0.3, 0.4) is 0 Å². The van der Waals surface area contributed by atoms with Crippen molar-refractivity contribution in [3.63, 3.8) is 0 Å². The number of rotatable bonds is 3. The number of ether oxygens (including phenoxy) is 2. The number of benzene rings is 1. The molecule has 0 N–H and O–H groups in total. The zero-order chi connectivity index (χ0) is 13.0. The summed E-state index contributed by atoms with van der Waals surface area (Å²) in [6.45, 7) is 0. The van der Waals surface area contributed by atoms with E-state index >= 15 is 0 Å². The van der Waals surface area contributed by atoms with Crippen molar-refractivity contribution in [2.45, 2.75) is 38.2 Å². The van der Waals surface area contributed by atoms with Gasteiger partial charge >= 0.3 is 0 Å². The van der Waals surface area contributed by atoms with E-state index in [1.54, 1.807) is 19.2 Å². The third-order valence-electron chi connectivity index (χ3n) is 3.20. The van der Waals surface area contributed by atoms with E-state index in [4.69, 9.17) is 26.3 Å². The molecule has 0 amide bonds. The Hall–Kier alpha value is -1.40. The summed E-state index contributed by atoms with van der Waals surface area (Å²) in [5, 5.41) is 9.33. The predicted octanol–water partition coefficient (Wildman–Crippen LogP) is 3.93. The van der Waals surface area contributed by atoms with E-state index < -0.39 is 0 Å². The Morgan fingerprint density at radius 2 is 2.00 bits per heavy atom. The van der Waals surface area contributed by atoms with Crippen molar-refractivity contribution < 1.29 is 9.47 Å². The minimum atomic E-state index is 0.207. The maximum absolute atomic E-state index is 8.89. The second-order valence-corrected chi connectivity index (χ2v) is 4.89. The van der Waals surface area contributed by atoms with E-state index in [1.165, 1.54) is 19.3 Å². The summed E-state index contributed by atoms with van der Waals surface area (Å²) >= 11 is 6.16. The number of halogens is 1. The number of hydrogen-bond donors (Lipinski definition) is 0. The highest BCUT2D eigenvalue weighted by Gasteiger charge is 2.19. The fourth-order valence-electron chi connectivity index (χ4n) is 2.25. The molecule has 0 aromatic heterocycles. The molecule has 0 aliphatic heterocycles. The summed E-state index contributed by atoms with van der Waals surface area (Å²) in [7, 11) is 1.56. The summed E-state index contributed by atoms with van der Waals surface area (Å²) in [5.74, 6) is 1.09. The highest BCUT2D eigenvalue weighted by molar-refractivity contribution is 6.32. The van der Waals surface area contributed by atoms with Gasteiger partial charge in [0.15, 0.2) is 11.5 Å². The van der Waals surface area contributed by atoms with Crippen LogP contribution in [-0.2, 0) is 0 Å². The number of nitriles is 1. The molecule has 3 nitrogen and oxygen atoms in total. The Bertz CT molecular complexity index is 462. The molecule has 1 aliphatic carbocycles. The lowest BCUT2D eigenvalue weighted by molar-refractivity contribution is 0.149. The summed E-state index contributed by atoms with van der Waals surface area (Å²) < 4.78 is 11.2. The molecule has 0 unspecified atom stereocenters. The fraction of sp³-hybridized carbons (Fsp3) is 0.500. The van der Waals surface area contributed by atoms with E-state index in [9.17, 15) is 0 Å². The van der Waals surface area contributed by atoms with Gasteiger partial charge in [0, 0.05) is 6.07 Å². The summed E-state index contributed by atoms with van der Waals surface area (Å²) in [6.07, 6.45) is 5.98. The van der Waals surface area contributed by atoms with Crippen LogP contribution < -0.4 is 9.47 Å². The van der Waals surface area contributed by atoms with Crippen LogP contribution in [0.2, 0.25) is 5.02 Å². The third-order valence-corrected chi connectivity index (χ3v) is 3.48. The highest BCUT2D eigenvalue weighted by atomic mass is 35.5. The lowest BCUT2D eigenvalue weighted by Gasteiger charge is -2.24. The maximum Gasteiger partial charge on any atom is 0.180 e. The van der Waals surface area contributed by atoms with Gasteiger partial charge in [0.1, 0.15) is 0 Å². The number of hydrogen-bond acceptors (Lipinski definition) is 3. The average molecular weight is 266 g/mol. The predicted molar refractivity (Wildman–Crippen MR) is 70.2 cm³/mol. The van der Waals surface area contributed by atoms with Crippen molar-refractivity contribution in [2.75, 3.05) is 7.11 Å². The Labute approximate surface area is 112 Å².